The highest BCUT2D eigenvalue weighted by Crippen LogP contribution is 2.33. The van der Waals surface area contributed by atoms with E-state index in [2.05, 4.69) is 4.98 Å². The van der Waals surface area contributed by atoms with Gasteiger partial charge in [0.05, 0.1) is 10.6 Å². The van der Waals surface area contributed by atoms with Crippen molar-refractivity contribution in [1.82, 2.24) is 14.0 Å². The number of carbonyl (C=O) groups excluding carboxylic acids is 1. The fraction of sp³-hybridized carbons (Fsp3) is 0.118. The summed E-state index contributed by atoms with van der Waals surface area (Å²) in [5, 5.41) is 0.934. The second-order valence-corrected chi connectivity index (χ2v) is 8.10. The molecule has 1 heterocycles. The van der Waals surface area contributed by atoms with E-state index in [1.54, 1.807) is 23.1 Å². The van der Waals surface area contributed by atoms with Gasteiger partial charge in [-0.3, -0.25) is 4.79 Å². The number of H-pyrrole nitrogens is 1. The Kier molecular flexibility index (Phi) is 5.09. The van der Waals surface area contributed by atoms with Crippen molar-refractivity contribution in [2.45, 2.75) is 0 Å². The number of benzene rings is 2. The second kappa shape index (κ2) is 7.18. The van der Waals surface area contributed by atoms with E-state index in [1.807, 2.05) is 12.1 Å². The minimum atomic E-state index is -4.06. The zero-order chi connectivity index (χ0) is 19.8. The predicted molar refractivity (Wildman–Crippen MR) is 99.9 cm³/mol. The van der Waals surface area contributed by atoms with Gasteiger partial charge in [0.1, 0.15) is 17.3 Å². The van der Waals surface area contributed by atoms with Crippen molar-refractivity contribution < 1.29 is 22.3 Å². The average molecular weight is 412 g/mol. The van der Waals surface area contributed by atoms with Crippen molar-refractivity contribution in [1.29, 1.82) is 0 Å². The number of aromatic nitrogens is 1. The minimum absolute atomic E-state index is 0.00732. The van der Waals surface area contributed by atoms with E-state index in [0.717, 1.165) is 27.3 Å². The Labute approximate surface area is 159 Å². The lowest BCUT2D eigenvalue weighted by molar-refractivity contribution is 0.0976. The molecule has 142 valence electrons. The highest BCUT2D eigenvalue weighted by molar-refractivity contribution is 7.87. The quantitative estimate of drug-likeness (QED) is 0.674. The number of hydrogen-bond donors (Lipinski definition) is 2. The van der Waals surface area contributed by atoms with Gasteiger partial charge in [-0.25, -0.2) is 9.11 Å². The Morgan fingerprint density at radius 2 is 1.96 bits per heavy atom. The summed E-state index contributed by atoms with van der Waals surface area (Å²) in [6.07, 6.45) is 1.77. The Hall–Kier alpha value is -2.62. The monoisotopic (exact) mass is 411 g/mol. The van der Waals surface area contributed by atoms with Crippen LogP contribution in [0, 0.1) is 5.82 Å². The number of amides is 1. The number of aromatic amines is 1. The summed E-state index contributed by atoms with van der Waals surface area (Å²) in [4.78, 5) is 15.1. The first-order valence-electron chi connectivity index (χ1n) is 7.66. The van der Waals surface area contributed by atoms with E-state index >= 15 is 0 Å². The van der Waals surface area contributed by atoms with Gasteiger partial charge < -0.3 is 9.72 Å². The Balaban J connectivity index is 1.87. The molecule has 10 heteroatoms. The van der Waals surface area contributed by atoms with Gasteiger partial charge in [-0.05, 0) is 29.7 Å². The number of rotatable bonds is 5. The third-order valence-corrected chi connectivity index (χ3v) is 5.42. The molecule has 0 atom stereocenters. The molecule has 0 saturated heterocycles. The van der Waals surface area contributed by atoms with Crippen LogP contribution in [0.15, 0.2) is 42.6 Å². The maximum Gasteiger partial charge on any atom is 0.303 e. The van der Waals surface area contributed by atoms with Gasteiger partial charge in [0.15, 0.2) is 0 Å². The Morgan fingerprint density at radius 3 is 2.67 bits per heavy atom. The molecule has 0 bridgehead atoms. The number of ether oxygens (including phenoxy) is 1. The molecule has 3 aromatic rings. The average Bonchev–Trinajstić information content (AvgIpc) is 3.05. The van der Waals surface area contributed by atoms with Gasteiger partial charge in [-0.15, -0.1) is 0 Å². The molecule has 0 radical (unpaired) electrons. The van der Waals surface area contributed by atoms with Crippen molar-refractivity contribution in [3.8, 4) is 11.5 Å². The molecule has 2 aromatic carbocycles. The van der Waals surface area contributed by atoms with Gasteiger partial charge in [0, 0.05) is 37.9 Å². The number of halogens is 2. The van der Waals surface area contributed by atoms with E-state index in [9.17, 15) is 17.6 Å². The SMILES string of the molecule is CN(C)S(=O)(=O)NC(=O)c1cc(Cl)c(Oc2ccc3cc[nH]c3c2)cc1F. The number of hydrogen-bond acceptors (Lipinski definition) is 4. The molecule has 7 nitrogen and oxygen atoms in total. The van der Waals surface area contributed by atoms with Crippen LogP contribution in [-0.4, -0.2) is 37.7 Å². The molecular formula is C17H15ClFN3O4S. The summed E-state index contributed by atoms with van der Waals surface area (Å²) < 4.78 is 45.9. The molecule has 3 rings (SSSR count). The summed E-state index contributed by atoms with van der Waals surface area (Å²) in [7, 11) is -1.59. The van der Waals surface area contributed by atoms with Gasteiger partial charge >= 0.3 is 10.2 Å². The molecule has 0 aliphatic heterocycles. The van der Waals surface area contributed by atoms with Gasteiger partial charge in [0.25, 0.3) is 5.91 Å². The molecule has 0 fully saturated rings. The number of nitrogens with one attached hydrogen (secondary N) is 2. The summed E-state index contributed by atoms with van der Waals surface area (Å²) in [6.45, 7) is 0. The fourth-order valence-electron chi connectivity index (χ4n) is 2.26. The number of carbonyl (C=O) groups is 1. The topological polar surface area (TPSA) is 91.5 Å². The third-order valence-electron chi connectivity index (χ3n) is 3.72. The van der Waals surface area contributed by atoms with Crippen LogP contribution in [0.4, 0.5) is 4.39 Å². The van der Waals surface area contributed by atoms with E-state index < -0.39 is 27.5 Å². The number of fused-ring (bicyclic) bond motifs is 1. The van der Waals surface area contributed by atoms with Crippen LogP contribution >= 0.6 is 11.6 Å². The highest BCUT2D eigenvalue weighted by Gasteiger charge is 2.22. The van der Waals surface area contributed by atoms with E-state index in [4.69, 9.17) is 16.3 Å². The molecule has 0 unspecified atom stereocenters. The van der Waals surface area contributed by atoms with Crippen LogP contribution in [0.3, 0.4) is 0 Å². The van der Waals surface area contributed by atoms with Crippen molar-refractivity contribution in [3.63, 3.8) is 0 Å². The maximum absolute atomic E-state index is 14.3. The molecular weight excluding hydrogens is 397 g/mol. The first-order chi connectivity index (χ1) is 12.7. The van der Waals surface area contributed by atoms with Crippen LogP contribution in [0.2, 0.25) is 5.02 Å². The van der Waals surface area contributed by atoms with Gasteiger partial charge in [-0.2, -0.15) is 12.7 Å². The van der Waals surface area contributed by atoms with Crippen molar-refractivity contribution in [2.24, 2.45) is 0 Å². The van der Waals surface area contributed by atoms with Crippen LogP contribution in [0.5, 0.6) is 11.5 Å². The zero-order valence-corrected chi connectivity index (χ0v) is 15.9. The molecule has 27 heavy (non-hydrogen) atoms. The largest absolute Gasteiger partial charge is 0.456 e. The van der Waals surface area contributed by atoms with Crippen LogP contribution in [0.1, 0.15) is 10.4 Å². The summed E-state index contributed by atoms with van der Waals surface area (Å²) in [6, 6.07) is 9.06. The van der Waals surface area contributed by atoms with Crippen molar-refractivity contribution in [3.05, 3.63) is 59.0 Å². The molecule has 0 aliphatic rings. The Bertz CT molecular complexity index is 1130. The molecule has 1 aromatic heterocycles. The van der Waals surface area contributed by atoms with E-state index in [0.29, 0.717) is 5.75 Å². The van der Waals surface area contributed by atoms with Crippen LogP contribution in [-0.2, 0) is 10.2 Å². The van der Waals surface area contributed by atoms with Gasteiger partial charge in [0.2, 0.25) is 0 Å². The summed E-state index contributed by atoms with van der Waals surface area (Å²) in [5.41, 5.74) is 0.312. The zero-order valence-electron chi connectivity index (χ0n) is 14.3. The number of nitrogens with zero attached hydrogens (tertiary/aromatic N) is 1. The van der Waals surface area contributed by atoms with Crippen molar-refractivity contribution >= 4 is 38.6 Å². The smallest absolute Gasteiger partial charge is 0.303 e. The lowest BCUT2D eigenvalue weighted by atomic mass is 10.2. The first-order valence-corrected chi connectivity index (χ1v) is 9.48. The second-order valence-electron chi connectivity index (χ2n) is 5.81. The molecule has 2 N–H and O–H groups in total. The fourth-order valence-corrected chi connectivity index (χ4v) is 2.99. The molecule has 0 saturated carbocycles. The lowest BCUT2D eigenvalue weighted by Gasteiger charge is -2.14. The lowest BCUT2D eigenvalue weighted by Crippen LogP contribution is -2.39. The third kappa shape index (κ3) is 4.05. The van der Waals surface area contributed by atoms with E-state index in [-0.39, 0.29) is 10.8 Å². The molecule has 1 amide bonds. The highest BCUT2D eigenvalue weighted by atomic mass is 35.5. The standard InChI is InChI=1S/C17H15ClFN3O4S/c1-22(2)27(24,25)21-17(23)12-8-13(18)16(9-14(12)19)26-11-4-3-10-5-6-20-15(10)7-11/h3-9,20H,1-2H3,(H,21,23). The molecule has 0 aliphatic carbocycles. The minimum Gasteiger partial charge on any atom is -0.456 e. The van der Waals surface area contributed by atoms with Gasteiger partial charge in [-0.1, -0.05) is 11.6 Å². The predicted octanol–water partition coefficient (Wildman–Crippen LogP) is 3.29. The first kappa shape index (κ1) is 19.2. The maximum atomic E-state index is 14.3. The summed E-state index contributed by atoms with van der Waals surface area (Å²) in [5.74, 6) is -1.70. The van der Waals surface area contributed by atoms with Crippen molar-refractivity contribution in [2.75, 3.05) is 14.1 Å². The molecule has 0 spiro atoms. The normalized spacial score (nSPS) is 11.7. The summed E-state index contributed by atoms with van der Waals surface area (Å²) >= 11 is 6.09. The Morgan fingerprint density at radius 1 is 1.22 bits per heavy atom. The van der Waals surface area contributed by atoms with Crippen LogP contribution < -0.4 is 9.46 Å². The van der Waals surface area contributed by atoms with E-state index in [1.165, 1.54) is 14.1 Å². The van der Waals surface area contributed by atoms with Crippen LogP contribution in [0.25, 0.3) is 10.9 Å².